The van der Waals surface area contributed by atoms with Gasteiger partial charge in [-0.25, -0.2) is 0 Å². The largest absolute Gasteiger partial charge is 0.507 e. The van der Waals surface area contributed by atoms with Crippen molar-refractivity contribution in [2.45, 2.75) is 85.6 Å². The Morgan fingerprint density at radius 2 is 1.60 bits per heavy atom. The summed E-state index contributed by atoms with van der Waals surface area (Å²) in [6, 6.07) is 1.06. The van der Waals surface area contributed by atoms with Gasteiger partial charge in [0.25, 0.3) is 11.7 Å². The number of phenols is 3. The van der Waals surface area contributed by atoms with Crippen LogP contribution in [0.1, 0.15) is 64.4 Å². The number of Topliss-reactive ketones (excluding diaryl/α,β-unsaturated/α-hetero) is 1. The number of allylic oxidation sites excluding steroid dienone is 2. The predicted molar refractivity (Wildman–Crippen MR) is 184 cm³/mol. The van der Waals surface area contributed by atoms with E-state index in [1.807, 2.05) is 0 Å². The summed E-state index contributed by atoms with van der Waals surface area (Å²) in [6.45, 7) is 12.5. The number of ether oxygens (including phenoxy) is 4. The van der Waals surface area contributed by atoms with Gasteiger partial charge in [0.05, 0.1) is 41.2 Å². The van der Waals surface area contributed by atoms with Crippen molar-refractivity contribution in [3.8, 4) is 23.0 Å². The van der Waals surface area contributed by atoms with E-state index < -0.39 is 88.8 Å². The first-order valence-corrected chi connectivity index (χ1v) is 16.4. The van der Waals surface area contributed by atoms with Crippen molar-refractivity contribution in [2.24, 2.45) is 23.7 Å². The van der Waals surface area contributed by atoms with Crippen LogP contribution in [0.4, 0.5) is 5.69 Å². The lowest BCUT2D eigenvalue weighted by atomic mass is 9.78. The first-order chi connectivity index (χ1) is 23.4. The highest BCUT2D eigenvalue weighted by molar-refractivity contribution is 6.21. The van der Waals surface area contributed by atoms with Crippen molar-refractivity contribution in [2.75, 3.05) is 12.4 Å². The molecule has 3 aliphatic heterocycles. The molecule has 1 unspecified atom stereocenters. The van der Waals surface area contributed by atoms with Gasteiger partial charge in [0.2, 0.25) is 0 Å². The molecule has 2 aromatic rings. The Morgan fingerprint density at radius 3 is 2.22 bits per heavy atom. The topological polar surface area (TPSA) is 201 Å². The number of ketones is 1. The van der Waals surface area contributed by atoms with E-state index in [2.05, 4.69) is 5.32 Å². The molecule has 3 heterocycles. The van der Waals surface area contributed by atoms with E-state index in [9.17, 15) is 39.9 Å². The molecule has 2 aromatic carbocycles. The molecule has 0 saturated carbocycles. The number of amides is 1. The Bertz CT molecular complexity index is 1760. The highest BCUT2D eigenvalue weighted by atomic mass is 16.7. The van der Waals surface area contributed by atoms with Gasteiger partial charge in [0.1, 0.15) is 23.4 Å². The lowest BCUT2D eigenvalue weighted by Crippen LogP contribution is -2.46. The van der Waals surface area contributed by atoms with Crippen molar-refractivity contribution in [1.82, 2.24) is 0 Å². The van der Waals surface area contributed by atoms with Gasteiger partial charge in [-0.2, -0.15) is 0 Å². The number of nitrogens with one attached hydrogen (secondary N) is 1. The Morgan fingerprint density at radius 1 is 0.940 bits per heavy atom. The third-order valence-electron chi connectivity index (χ3n) is 9.84. The number of esters is 1. The second-order valence-corrected chi connectivity index (χ2v) is 13.4. The molecule has 0 spiro atoms. The molecule has 13 nitrogen and oxygen atoms in total. The van der Waals surface area contributed by atoms with Gasteiger partial charge >= 0.3 is 11.8 Å². The lowest BCUT2D eigenvalue weighted by molar-refractivity contribution is -0.160. The zero-order valence-electron chi connectivity index (χ0n) is 29.7. The number of fused-ring (bicyclic) bond motifs is 14. The summed E-state index contributed by atoms with van der Waals surface area (Å²) in [5.41, 5.74) is -0.0929. The quantitative estimate of drug-likeness (QED) is 0.143. The summed E-state index contributed by atoms with van der Waals surface area (Å²) < 4.78 is 23.2. The minimum atomic E-state index is -1.98. The maximum atomic E-state index is 13.9. The standard InChI is InChI=1S/C37H47NO12/c1-16-11-10-12-17(2)36(46)38-23-15-24(40)26-27(32(23)44)31(43)21(6)34-28(26)35(45)37(8,50-34)48-14-13-25(47-9)18(3)33(49-22(7)39)20(5)30(42)19(4)29(16)41/h10-16,18-20,25,29-30,33,40-44H,1-9H3,(H,38,46)/b11-10+,14-13+,17-12-/t16?,18-,19-,20-,25+,29+,30-,33-,37+/m1/s1. The molecule has 0 aliphatic carbocycles. The number of carbonyl (C=O) groups excluding carboxylic acids is 3. The van der Waals surface area contributed by atoms with E-state index >= 15 is 0 Å². The van der Waals surface area contributed by atoms with Crippen LogP contribution in [-0.2, 0) is 23.8 Å². The van der Waals surface area contributed by atoms with E-state index in [1.165, 1.54) is 53.2 Å². The van der Waals surface area contributed by atoms with Gasteiger partial charge in [-0.15, -0.1) is 0 Å². The summed E-state index contributed by atoms with van der Waals surface area (Å²) in [5.74, 6) is -7.99. The average molecular weight is 698 g/mol. The fraction of sp³-hybridized carbons (Fsp3) is 0.486. The van der Waals surface area contributed by atoms with E-state index in [4.69, 9.17) is 18.9 Å². The number of benzene rings is 2. The van der Waals surface area contributed by atoms with Crippen molar-refractivity contribution < 1.29 is 58.9 Å². The Kier molecular flexibility index (Phi) is 11.2. The summed E-state index contributed by atoms with van der Waals surface area (Å²) in [5, 5.41) is 58.2. The molecule has 0 aromatic heterocycles. The van der Waals surface area contributed by atoms with Crippen molar-refractivity contribution in [3.05, 3.63) is 53.3 Å². The zero-order chi connectivity index (χ0) is 37.4. The molecule has 3 aliphatic rings. The number of carbonyl (C=O) groups is 3. The second kappa shape index (κ2) is 14.7. The molecule has 13 heteroatoms. The van der Waals surface area contributed by atoms with Crippen molar-refractivity contribution >= 4 is 34.1 Å². The SMILES string of the molecule is CO[C@H]1/C=C/O[C@@]2(C)Oc3c(C)c(O)c4c(O)c(cc(O)c4c3C2=O)NC(=O)/C(C)=C\C=C\C(C)[C@H](O)[C@@H](C)[C@@H](O)[C@@H](C)[C@H](OC(C)=O)[C@@H]1C. The van der Waals surface area contributed by atoms with Gasteiger partial charge in [-0.05, 0) is 19.9 Å². The highest BCUT2D eigenvalue weighted by Gasteiger charge is 2.49. The molecule has 5 rings (SSSR count). The second-order valence-electron chi connectivity index (χ2n) is 13.4. The van der Waals surface area contributed by atoms with Gasteiger partial charge in [-0.1, -0.05) is 45.9 Å². The molecule has 272 valence electrons. The van der Waals surface area contributed by atoms with Crippen LogP contribution in [0.3, 0.4) is 0 Å². The molecular formula is C37H47NO12. The van der Waals surface area contributed by atoms with Gasteiger partial charge < -0.3 is 49.8 Å². The highest BCUT2D eigenvalue weighted by Crippen LogP contribution is 2.53. The lowest BCUT2D eigenvalue weighted by Gasteiger charge is -2.38. The summed E-state index contributed by atoms with van der Waals surface area (Å²) in [7, 11) is 1.43. The minimum absolute atomic E-state index is 0.0709. The third-order valence-corrected chi connectivity index (χ3v) is 9.84. The molecule has 0 radical (unpaired) electrons. The molecule has 0 saturated heterocycles. The number of anilines is 1. The maximum absolute atomic E-state index is 13.9. The first-order valence-electron chi connectivity index (χ1n) is 16.4. The molecular weight excluding hydrogens is 650 g/mol. The van der Waals surface area contributed by atoms with Crippen LogP contribution >= 0.6 is 0 Å². The molecule has 6 N–H and O–H groups in total. The maximum Gasteiger partial charge on any atom is 0.312 e. The number of hydrogen-bond acceptors (Lipinski definition) is 12. The minimum Gasteiger partial charge on any atom is -0.507 e. The van der Waals surface area contributed by atoms with Gasteiger partial charge in [0, 0.05) is 67.2 Å². The van der Waals surface area contributed by atoms with E-state index in [0.29, 0.717) is 0 Å². The molecule has 0 fully saturated rings. The van der Waals surface area contributed by atoms with Gasteiger partial charge in [0.15, 0.2) is 5.75 Å². The number of phenolic OH excluding ortho intramolecular Hbond substituents is 3. The Balaban J connectivity index is 1.87. The van der Waals surface area contributed by atoms with Gasteiger partial charge in [-0.3, -0.25) is 14.4 Å². The van der Waals surface area contributed by atoms with Crippen molar-refractivity contribution in [1.29, 1.82) is 0 Å². The molecule has 9 atom stereocenters. The number of aliphatic hydroxyl groups is 2. The van der Waals surface area contributed by atoms with Crippen LogP contribution in [-0.4, -0.2) is 80.5 Å². The third kappa shape index (κ3) is 7.03. The van der Waals surface area contributed by atoms with E-state index in [0.717, 1.165) is 6.07 Å². The average Bonchev–Trinajstić information content (AvgIpc) is 3.33. The number of aliphatic hydroxyl groups excluding tert-OH is 2. The molecule has 1 amide bonds. The Hall–Kier alpha value is -4.59. The van der Waals surface area contributed by atoms with Crippen LogP contribution in [0.5, 0.6) is 23.0 Å². The molecule has 50 heavy (non-hydrogen) atoms. The van der Waals surface area contributed by atoms with E-state index in [-0.39, 0.29) is 38.9 Å². The number of aromatic hydroxyl groups is 3. The normalized spacial score (nSPS) is 33.2. The van der Waals surface area contributed by atoms with Crippen LogP contribution in [0.15, 0.2) is 42.2 Å². The smallest absolute Gasteiger partial charge is 0.312 e. The van der Waals surface area contributed by atoms with Crippen LogP contribution in [0.25, 0.3) is 10.8 Å². The summed E-state index contributed by atoms with van der Waals surface area (Å²) in [6.07, 6.45) is 3.62. The monoisotopic (exact) mass is 697 g/mol. The summed E-state index contributed by atoms with van der Waals surface area (Å²) in [4.78, 5) is 39.2. The van der Waals surface area contributed by atoms with Crippen molar-refractivity contribution in [3.63, 3.8) is 0 Å². The van der Waals surface area contributed by atoms with Crippen LogP contribution in [0.2, 0.25) is 0 Å². The number of rotatable bonds is 2. The zero-order valence-corrected chi connectivity index (χ0v) is 29.7. The fourth-order valence-electron chi connectivity index (χ4n) is 6.65. The fourth-order valence-corrected chi connectivity index (χ4v) is 6.65. The van der Waals surface area contributed by atoms with Crippen LogP contribution < -0.4 is 10.1 Å². The first kappa shape index (κ1) is 38.2. The predicted octanol–water partition coefficient (Wildman–Crippen LogP) is 4.75. The molecule has 5 bridgehead atoms. The summed E-state index contributed by atoms with van der Waals surface area (Å²) >= 11 is 0. The number of hydrogen-bond donors (Lipinski definition) is 6. The van der Waals surface area contributed by atoms with Crippen LogP contribution in [0, 0.1) is 30.6 Å². The van der Waals surface area contributed by atoms with E-state index in [1.54, 1.807) is 39.8 Å². The number of methoxy groups -OCH3 is 1. The Labute approximate surface area is 290 Å².